The fraction of sp³-hybridized carbons (Fsp3) is 0.364. The number of hydrogen-bond acceptors (Lipinski definition) is 3. The number of aromatic amines is 1. The molecule has 0 spiro atoms. The lowest BCUT2D eigenvalue weighted by Gasteiger charge is -2.33. The van der Waals surface area contributed by atoms with E-state index in [4.69, 9.17) is 0 Å². The lowest BCUT2D eigenvalue weighted by molar-refractivity contribution is -0.134. The number of benzene rings is 1. The summed E-state index contributed by atoms with van der Waals surface area (Å²) in [6.45, 7) is 3.75. The van der Waals surface area contributed by atoms with Gasteiger partial charge in [-0.05, 0) is 41.8 Å². The number of carbonyl (C=O) groups excluding carboxylic acids is 2. The van der Waals surface area contributed by atoms with E-state index in [-0.39, 0.29) is 11.8 Å². The van der Waals surface area contributed by atoms with E-state index in [0.29, 0.717) is 17.2 Å². The monoisotopic (exact) mass is 395 g/mol. The van der Waals surface area contributed by atoms with Crippen LogP contribution in [-0.2, 0) is 11.2 Å². The molecule has 1 fully saturated rings. The normalized spacial score (nSPS) is 16.2. The summed E-state index contributed by atoms with van der Waals surface area (Å²) in [6.07, 6.45) is 4.46. The van der Waals surface area contributed by atoms with Crippen molar-refractivity contribution in [3.05, 3.63) is 58.4 Å². The number of para-hydroxylation sites is 1. The predicted molar refractivity (Wildman–Crippen MR) is 113 cm³/mol. The van der Waals surface area contributed by atoms with Crippen LogP contribution in [0.2, 0.25) is 0 Å². The second-order valence-corrected chi connectivity index (χ2v) is 8.52. The highest BCUT2D eigenvalue weighted by molar-refractivity contribution is 7.12. The second kappa shape index (κ2) is 8.19. The topological polar surface area (TPSA) is 65.2 Å². The Morgan fingerprint density at radius 2 is 2.00 bits per heavy atom. The molecule has 146 valence electrons. The number of rotatable bonds is 5. The minimum atomic E-state index is -0.567. The summed E-state index contributed by atoms with van der Waals surface area (Å²) in [5.74, 6) is 0.484. The lowest BCUT2D eigenvalue weighted by atomic mass is 9.97. The van der Waals surface area contributed by atoms with Gasteiger partial charge >= 0.3 is 0 Å². The Morgan fingerprint density at radius 3 is 2.75 bits per heavy atom. The van der Waals surface area contributed by atoms with Gasteiger partial charge in [-0.2, -0.15) is 0 Å². The SMILES string of the molecule is CC1CCN(C(=O)[C@@H](Cc2c[nH]c3ccccc23)NC(=O)c2cccs2)CC1. The van der Waals surface area contributed by atoms with Crippen molar-refractivity contribution in [1.29, 1.82) is 0 Å². The summed E-state index contributed by atoms with van der Waals surface area (Å²) in [6, 6.07) is 11.1. The van der Waals surface area contributed by atoms with Crippen molar-refractivity contribution in [2.45, 2.75) is 32.2 Å². The van der Waals surface area contributed by atoms with Gasteiger partial charge in [0.25, 0.3) is 5.91 Å². The fourth-order valence-electron chi connectivity index (χ4n) is 3.81. The average Bonchev–Trinajstić information content (AvgIpc) is 3.38. The van der Waals surface area contributed by atoms with Gasteiger partial charge < -0.3 is 15.2 Å². The zero-order valence-corrected chi connectivity index (χ0v) is 16.8. The van der Waals surface area contributed by atoms with Crippen molar-refractivity contribution in [1.82, 2.24) is 15.2 Å². The third kappa shape index (κ3) is 3.97. The molecule has 1 aliphatic heterocycles. The number of H-pyrrole nitrogens is 1. The van der Waals surface area contributed by atoms with Gasteiger partial charge in [-0.1, -0.05) is 31.2 Å². The zero-order valence-electron chi connectivity index (χ0n) is 16.0. The highest BCUT2D eigenvalue weighted by atomic mass is 32.1. The molecule has 1 saturated heterocycles. The maximum absolute atomic E-state index is 13.3. The number of nitrogens with zero attached hydrogens (tertiary/aromatic N) is 1. The maximum Gasteiger partial charge on any atom is 0.262 e. The summed E-state index contributed by atoms with van der Waals surface area (Å²) in [7, 11) is 0. The summed E-state index contributed by atoms with van der Waals surface area (Å²) >= 11 is 1.39. The Morgan fingerprint density at radius 1 is 1.21 bits per heavy atom. The summed E-state index contributed by atoms with van der Waals surface area (Å²) in [5.41, 5.74) is 2.09. The molecule has 2 aromatic heterocycles. The molecular formula is C22H25N3O2S. The van der Waals surface area contributed by atoms with E-state index in [1.807, 2.05) is 46.8 Å². The van der Waals surface area contributed by atoms with Gasteiger partial charge in [-0.3, -0.25) is 9.59 Å². The molecule has 2 amide bonds. The van der Waals surface area contributed by atoms with Crippen LogP contribution in [-0.4, -0.2) is 40.8 Å². The number of piperidine rings is 1. The van der Waals surface area contributed by atoms with Crippen molar-refractivity contribution < 1.29 is 9.59 Å². The van der Waals surface area contributed by atoms with Crippen LogP contribution < -0.4 is 5.32 Å². The Kier molecular flexibility index (Phi) is 5.48. The van der Waals surface area contributed by atoms with Gasteiger partial charge in [0.2, 0.25) is 5.91 Å². The largest absolute Gasteiger partial charge is 0.361 e. The first kappa shape index (κ1) is 18.7. The highest BCUT2D eigenvalue weighted by Gasteiger charge is 2.29. The molecule has 0 aliphatic carbocycles. The quantitative estimate of drug-likeness (QED) is 0.690. The Bertz CT molecular complexity index is 955. The van der Waals surface area contributed by atoms with Gasteiger partial charge in [0.1, 0.15) is 6.04 Å². The van der Waals surface area contributed by atoms with Crippen LogP contribution in [0.3, 0.4) is 0 Å². The van der Waals surface area contributed by atoms with Crippen LogP contribution in [0.1, 0.15) is 35.0 Å². The molecule has 0 radical (unpaired) electrons. The van der Waals surface area contributed by atoms with Crippen molar-refractivity contribution in [3.63, 3.8) is 0 Å². The Labute approximate surface area is 168 Å². The molecule has 6 heteroatoms. The van der Waals surface area contributed by atoms with Crippen LogP contribution in [0.15, 0.2) is 48.0 Å². The summed E-state index contributed by atoms with van der Waals surface area (Å²) in [5, 5.41) is 5.96. The zero-order chi connectivity index (χ0) is 19.5. The molecule has 1 aliphatic rings. The third-order valence-corrected chi connectivity index (χ3v) is 6.41. The minimum Gasteiger partial charge on any atom is -0.361 e. The molecule has 5 nitrogen and oxygen atoms in total. The van der Waals surface area contributed by atoms with Crippen LogP contribution in [0, 0.1) is 5.92 Å². The molecule has 2 N–H and O–H groups in total. The minimum absolute atomic E-state index is 0.0158. The standard InChI is InChI=1S/C22H25N3O2S/c1-15-8-10-25(11-9-15)22(27)19(24-21(26)20-7-4-12-28-20)13-16-14-23-18-6-3-2-5-17(16)18/h2-7,12,14-15,19,23H,8-11,13H2,1H3,(H,24,26)/t19-/m1/s1. The number of hydrogen-bond donors (Lipinski definition) is 2. The molecule has 1 atom stereocenters. The van der Waals surface area contributed by atoms with Crippen molar-refractivity contribution in [2.75, 3.05) is 13.1 Å². The molecule has 1 aromatic carbocycles. The number of fused-ring (bicyclic) bond motifs is 1. The number of aromatic nitrogens is 1. The molecule has 0 saturated carbocycles. The number of likely N-dealkylation sites (tertiary alicyclic amines) is 1. The molecule has 4 rings (SSSR count). The van der Waals surface area contributed by atoms with Gasteiger partial charge in [0.15, 0.2) is 0 Å². The summed E-state index contributed by atoms with van der Waals surface area (Å²) in [4.78, 5) is 31.7. The third-order valence-electron chi connectivity index (χ3n) is 5.54. The number of thiophene rings is 1. The van der Waals surface area contributed by atoms with Crippen molar-refractivity contribution in [3.8, 4) is 0 Å². The molecular weight excluding hydrogens is 370 g/mol. The van der Waals surface area contributed by atoms with E-state index in [1.165, 1.54) is 11.3 Å². The lowest BCUT2D eigenvalue weighted by Crippen LogP contribution is -2.51. The van der Waals surface area contributed by atoms with Crippen LogP contribution >= 0.6 is 11.3 Å². The van der Waals surface area contributed by atoms with E-state index < -0.39 is 6.04 Å². The van der Waals surface area contributed by atoms with Gasteiger partial charge in [-0.15, -0.1) is 11.3 Å². The van der Waals surface area contributed by atoms with Crippen LogP contribution in [0.5, 0.6) is 0 Å². The van der Waals surface area contributed by atoms with Gasteiger partial charge in [0, 0.05) is 36.6 Å². The van der Waals surface area contributed by atoms with Gasteiger partial charge in [0.05, 0.1) is 4.88 Å². The molecule has 0 bridgehead atoms. The smallest absolute Gasteiger partial charge is 0.262 e. The van der Waals surface area contributed by atoms with E-state index >= 15 is 0 Å². The fourth-order valence-corrected chi connectivity index (χ4v) is 4.43. The molecule has 3 heterocycles. The van der Waals surface area contributed by atoms with Crippen LogP contribution in [0.4, 0.5) is 0 Å². The Balaban J connectivity index is 1.57. The van der Waals surface area contributed by atoms with Crippen molar-refractivity contribution in [2.24, 2.45) is 5.92 Å². The van der Waals surface area contributed by atoms with E-state index in [0.717, 1.165) is 42.4 Å². The molecule has 3 aromatic rings. The predicted octanol–water partition coefficient (Wildman–Crippen LogP) is 3.83. The highest BCUT2D eigenvalue weighted by Crippen LogP contribution is 2.22. The van der Waals surface area contributed by atoms with E-state index in [9.17, 15) is 9.59 Å². The number of carbonyl (C=O) groups is 2. The average molecular weight is 396 g/mol. The first-order valence-electron chi connectivity index (χ1n) is 9.80. The van der Waals surface area contributed by atoms with E-state index in [2.05, 4.69) is 17.2 Å². The molecule has 28 heavy (non-hydrogen) atoms. The number of amides is 2. The first-order valence-corrected chi connectivity index (χ1v) is 10.7. The van der Waals surface area contributed by atoms with E-state index in [1.54, 1.807) is 6.07 Å². The second-order valence-electron chi connectivity index (χ2n) is 7.57. The number of nitrogens with one attached hydrogen (secondary N) is 2. The molecule has 0 unspecified atom stereocenters. The first-order chi connectivity index (χ1) is 13.6. The van der Waals surface area contributed by atoms with Crippen LogP contribution in [0.25, 0.3) is 10.9 Å². The Hall–Kier alpha value is -2.60. The van der Waals surface area contributed by atoms with Crippen molar-refractivity contribution >= 4 is 34.1 Å². The maximum atomic E-state index is 13.3. The van der Waals surface area contributed by atoms with Gasteiger partial charge in [-0.25, -0.2) is 0 Å². The summed E-state index contributed by atoms with van der Waals surface area (Å²) < 4.78 is 0.